The molecule has 50 valence electrons. The Morgan fingerprint density at radius 3 is 2.56 bits per heavy atom. The van der Waals surface area contributed by atoms with Gasteiger partial charge in [-0.25, -0.2) is 4.21 Å². The summed E-state index contributed by atoms with van der Waals surface area (Å²) < 4.78 is 11.0. The van der Waals surface area contributed by atoms with Gasteiger partial charge in [-0.05, 0) is 35.6 Å². The molecule has 1 unspecified atom stereocenters. The number of hydrogen-bond donors (Lipinski definition) is 0. The van der Waals surface area contributed by atoms with Gasteiger partial charge in [-0.1, -0.05) is 6.08 Å². The zero-order valence-electron chi connectivity index (χ0n) is 5.38. The Hall–Kier alpha value is -0.0200. The van der Waals surface area contributed by atoms with Crippen molar-refractivity contribution in [2.24, 2.45) is 0 Å². The molecule has 3 heteroatoms. The average molecular weight is 160 g/mol. The second-order valence-electron chi connectivity index (χ2n) is 1.87. The summed E-state index contributed by atoms with van der Waals surface area (Å²) in [6.07, 6.45) is 3.89. The van der Waals surface area contributed by atoms with Crippen LogP contribution in [-0.4, -0.2) is 4.21 Å². The van der Waals surface area contributed by atoms with E-state index >= 15 is 0 Å². The highest BCUT2D eigenvalue weighted by Gasteiger charge is 2.06. The lowest BCUT2D eigenvalue weighted by Gasteiger charge is -2.04. The first-order valence-electron chi connectivity index (χ1n) is 2.65. The molecule has 0 radical (unpaired) electrons. The Labute approximate surface area is 61.1 Å². The molecule has 0 aromatic carbocycles. The highest BCUT2D eigenvalue weighted by molar-refractivity contribution is 8.72. The van der Waals surface area contributed by atoms with Crippen LogP contribution in [-0.2, 0) is 9.83 Å². The molecule has 1 atom stereocenters. The molecule has 0 saturated heterocycles. The Balaban J connectivity index is 2.86. The van der Waals surface area contributed by atoms with E-state index in [4.69, 9.17) is 0 Å². The molecular weight excluding hydrogens is 152 g/mol. The van der Waals surface area contributed by atoms with Gasteiger partial charge in [0.15, 0.2) is 0 Å². The van der Waals surface area contributed by atoms with Gasteiger partial charge in [-0.15, -0.1) is 0 Å². The van der Waals surface area contributed by atoms with Crippen LogP contribution in [0, 0.1) is 0 Å². The van der Waals surface area contributed by atoms with Gasteiger partial charge >= 0.3 is 0 Å². The van der Waals surface area contributed by atoms with Crippen molar-refractivity contribution in [2.75, 3.05) is 0 Å². The number of hydrogen-bond acceptors (Lipinski definition) is 2. The van der Waals surface area contributed by atoms with Crippen molar-refractivity contribution >= 4 is 20.6 Å². The van der Waals surface area contributed by atoms with Gasteiger partial charge in [0.25, 0.3) is 0 Å². The molecule has 1 aliphatic heterocycles. The summed E-state index contributed by atoms with van der Waals surface area (Å²) >= 11 is 0. The van der Waals surface area contributed by atoms with E-state index in [-0.39, 0.29) is 0 Å². The third-order valence-corrected chi connectivity index (χ3v) is 4.27. The van der Waals surface area contributed by atoms with Crippen LogP contribution in [0.1, 0.15) is 13.8 Å². The molecule has 0 aromatic heterocycles. The lowest BCUT2D eigenvalue weighted by Crippen LogP contribution is -1.88. The standard InChI is InChI=1S/C6H8OS2/c1-5-3-4-6(2)9(7)8-5/h3-4H,1-2H3. The molecule has 1 aliphatic rings. The Kier molecular flexibility index (Phi) is 2.13. The third kappa shape index (κ3) is 1.69. The van der Waals surface area contributed by atoms with Crippen LogP contribution >= 0.6 is 10.8 Å². The zero-order chi connectivity index (χ0) is 6.85. The van der Waals surface area contributed by atoms with E-state index < -0.39 is 9.83 Å². The van der Waals surface area contributed by atoms with E-state index in [1.807, 2.05) is 26.0 Å². The molecule has 0 aliphatic carbocycles. The van der Waals surface area contributed by atoms with E-state index in [1.165, 1.54) is 10.8 Å². The van der Waals surface area contributed by atoms with Crippen molar-refractivity contribution in [2.45, 2.75) is 13.8 Å². The lowest BCUT2D eigenvalue weighted by molar-refractivity contribution is 0.694. The highest BCUT2D eigenvalue weighted by atomic mass is 33.1. The van der Waals surface area contributed by atoms with Gasteiger partial charge < -0.3 is 0 Å². The molecule has 0 spiro atoms. The molecule has 0 amide bonds. The SMILES string of the molecule is CC1=CC=C(C)S(=O)S1. The highest BCUT2D eigenvalue weighted by Crippen LogP contribution is 2.28. The van der Waals surface area contributed by atoms with E-state index in [9.17, 15) is 4.21 Å². The molecule has 0 bridgehead atoms. The molecule has 0 N–H and O–H groups in total. The van der Waals surface area contributed by atoms with Crippen LogP contribution in [0.15, 0.2) is 22.0 Å². The van der Waals surface area contributed by atoms with Crippen molar-refractivity contribution in [1.29, 1.82) is 0 Å². The molecule has 9 heavy (non-hydrogen) atoms. The molecule has 0 fully saturated rings. The van der Waals surface area contributed by atoms with Crippen LogP contribution < -0.4 is 0 Å². The summed E-state index contributed by atoms with van der Waals surface area (Å²) in [6, 6.07) is 0. The summed E-state index contributed by atoms with van der Waals surface area (Å²) in [5, 5.41) is 0. The van der Waals surface area contributed by atoms with E-state index in [0.717, 1.165) is 9.81 Å². The molecule has 0 aromatic rings. The Morgan fingerprint density at radius 2 is 2.11 bits per heavy atom. The molecule has 1 rings (SSSR count). The van der Waals surface area contributed by atoms with Gasteiger partial charge in [0.1, 0.15) is 9.83 Å². The van der Waals surface area contributed by atoms with Crippen molar-refractivity contribution < 1.29 is 4.21 Å². The zero-order valence-corrected chi connectivity index (χ0v) is 7.01. The monoisotopic (exact) mass is 160 g/mol. The maximum Gasteiger partial charge on any atom is 0.113 e. The summed E-state index contributed by atoms with van der Waals surface area (Å²) in [6.45, 7) is 3.84. The third-order valence-electron chi connectivity index (χ3n) is 1.02. The van der Waals surface area contributed by atoms with Crippen LogP contribution in [0.3, 0.4) is 0 Å². The second-order valence-corrected chi connectivity index (χ2v) is 5.20. The summed E-state index contributed by atoms with van der Waals surface area (Å²) in [4.78, 5) is 2.07. The number of allylic oxidation sites excluding steroid dienone is 4. The first-order chi connectivity index (χ1) is 4.20. The van der Waals surface area contributed by atoms with Crippen LogP contribution in [0.25, 0.3) is 0 Å². The summed E-state index contributed by atoms with van der Waals surface area (Å²) in [5.41, 5.74) is 0. The largest absolute Gasteiger partial charge is 0.243 e. The predicted octanol–water partition coefficient (Wildman–Crippen LogP) is 2.20. The minimum Gasteiger partial charge on any atom is -0.243 e. The topological polar surface area (TPSA) is 17.1 Å². The smallest absolute Gasteiger partial charge is 0.113 e. The first kappa shape index (κ1) is 7.09. The van der Waals surface area contributed by atoms with Gasteiger partial charge in [0.05, 0.1) is 0 Å². The fourth-order valence-electron chi connectivity index (χ4n) is 0.503. The fraction of sp³-hybridized carbons (Fsp3) is 0.333. The average Bonchev–Trinajstić information content (AvgIpc) is 1.80. The van der Waals surface area contributed by atoms with E-state index in [0.29, 0.717) is 0 Å². The maximum atomic E-state index is 11.0. The van der Waals surface area contributed by atoms with Crippen LogP contribution in [0.4, 0.5) is 0 Å². The van der Waals surface area contributed by atoms with Crippen molar-refractivity contribution in [1.82, 2.24) is 0 Å². The second kappa shape index (κ2) is 2.71. The summed E-state index contributed by atoms with van der Waals surface area (Å²) in [7, 11) is 0.609. The lowest BCUT2D eigenvalue weighted by atomic mass is 10.4. The molecule has 0 saturated carbocycles. The number of rotatable bonds is 0. The first-order valence-corrected chi connectivity index (χ1v) is 5.14. The summed E-state index contributed by atoms with van der Waals surface area (Å²) in [5.74, 6) is 0. The molecule has 1 nitrogen and oxygen atoms in total. The van der Waals surface area contributed by atoms with Gasteiger partial charge in [-0.2, -0.15) is 0 Å². The minimum absolute atomic E-state index is 0.806. The normalized spacial score (nSPS) is 27.1. The van der Waals surface area contributed by atoms with Gasteiger partial charge in [0, 0.05) is 4.91 Å². The van der Waals surface area contributed by atoms with Gasteiger partial charge in [0.2, 0.25) is 0 Å². The molecule has 1 heterocycles. The minimum atomic E-state index is -0.806. The van der Waals surface area contributed by atoms with Crippen LogP contribution in [0.5, 0.6) is 0 Å². The predicted molar refractivity (Wildman–Crippen MR) is 43.2 cm³/mol. The van der Waals surface area contributed by atoms with Crippen LogP contribution in [0.2, 0.25) is 0 Å². The van der Waals surface area contributed by atoms with E-state index in [2.05, 4.69) is 0 Å². The molecular formula is C6H8OS2. The van der Waals surface area contributed by atoms with Crippen molar-refractivity contribution in [3.8, 4) is 0 Å². The van der Waals surface area contributed by atoms with Crippen molar-refractivity contribution in [3.63, 3.8) is 0 Å². The van der Waals surface area contributed by atoms with Crippen molar-refractivity contribution in [3.05, 3.63) is 22.0 Å². The Morgan fingerprint density at radius 1 is 1.44 bits per heavy atom. The quantitative estimate of drug-likeness (QED) is 0.505. The Bertz CT molecular complexity index is 203. The maximum absolute atomic E-state index is 11.0. The van der Waals surface area contributed by atoms with E-state index in [1.54, 1.807) is 0 Å². The fourth-order valence-corrected chi connectivity index (χ4v) is 2.62. The van der Waals surface area contributed by atoms with Gasteiger partial charge in [-0.3, -0.25) is 0 Å².